The molecule has 226 valence electrons. The number of nitrogens with one attached hydrogen (secondary N) is 1. The number of methoxy groups -OCH3 is 1. The Morgan fingerprint density at radius 2 is 1.72 bits per heavy atom. The zero-order valence-corrected chi connectivity index (χ0v) is 24.3. The minimum atomic E-state index is -4.47. The second-order valence-electron chi connectivity index (χ2n) is 10.7. The topological polar surface area (TPSA) is 92.6 Å². The lowest BCUT2D eigenvalue weighted by Crippen LogP contribution is -2.44. The molecule has 2 aromatic heterocycles. The summed E-state index contributed by atoms with van der Waals surface area (Å²) in [6, 6.07) is 14.4. The van der Waals surface area contributed by atoms with Crippen molar-refractivity contribution < 1.29 is 22.7 Å². The molecule has 0 spiro atoms. The van der Waals surface area contributed by atoms with Gasteiger partial charge in [-0.25, -0.2) is 9.97 Å². The van der Waals surface area contributed by atoms with Crippen LogP contribution in [0, 0.1) is 0 Å². The molecule has 0 aliphatic carbocycles. The highest BCUT2D eigenvalue weighted by atomic mass is 32.1. The number of alkyl halides is 3. The van der Waals surface area contributed by atoms with E-state index in [9.17, 15) is 22.8 Å². The Labute approximate surface area is 249 Å². The Bertz CT molecular complexity index is 1660. The predicted molar refractivity (Wildman–Crippen MR) is 159 cm³/mol. The highest BCUT2D eigenvalue weighted by molar-refractivity contribution is 7.21. The fourth-order valence-corrected chi connectivity index (χ4v) is 6.80. The maximum atomic E-state index is 14.0. The molecule has 0 unspecified atom stereocenters. The number of hydrogen-bond acceptors (Lipinski definition) is 8. The molecule has 0 radical (unpaired) electrons. The number of halogens is 3. The number of benzene rings is 2. The van der Waals surface area contributed by atoms with Crippen LogP contribution in [0.25, 0.3) is 10.3 Å². The molecule has 4 heterocycles. The summed E-state index contributed by atoms with van der Waals surface area (Å²) in [4.78, 5) is 39.7. The van der Waals surface area contributed by atoms with Gasteiger partial charge in [0.15, 0.2) is 15.5 Å². The fraction of sp³-hybridized carbons (Fsp3) is 0.400. The van der Waals surface area contributed by atoms with Gasteiger partial charge in [0.2, 0.25) is 11.9 Å². The van der Waals surface area contributed by atoms with E-state index in [1.807, 2.05) is 35.2 Å². The maximum Gasteiger partial charge on any atom is 0.408 e. The van der Waals surface area contributed by atoms with Crippen LogP contribution in [0.15, 0.2) is 59.4 Å². The van der Waals surface area contributed by atoms with Gasteiger partial charge in [0.05, 0.1) is 13.7 Å². The standard InChI is InChI=1S/C30H31F3N6O3S/c1-42-21-13-11-20(12-14-21)18-39-27(41)24-26(36-28(39)38-16-6-10-23(38)30(31,32)33)43-29(35-24)37-15-5-9-22(37)25(40)34-17-19-7-3-2-4-8-19/h2-4,7-8,11-14,22-23H,5-6,9-10,15-18H2,1H3,(H,34,40)/t22-,23+/m1/s1. The Morgan fingerprint density at radius 1 is 1.00 bits per heavy atom. The average molecular weight is 613 g/mol. The number of aromatic nitrogens is 3. The summed E-state index contributed by atoms with van der Waals surface area (Å²) < 4.78 is 48.6. The van der Waals surface area contributed by atoms with E-state index in [1.54, 1.807) is 24.3 Å². The fourth-order valence-electron chi connectivity index (χ4n) is 5.80. The van der Waals surface area contributed by atoms with Crippen molar-refractivity contribution in [2.24, 2.45) is 0 Å². The third kappa shape index (κ3) is 5.90. The summed E-state index contributed by atoms with van der Waals surface area (Å²) >= 11 is 1.13. The van der Waals surface area contributed by atoms with Gasteiger partial charge >= 0.3 is 6.18 Å². The molecule has 2 atom stereocenters. The summed E-state index contributed by atoms with van der Waals surface area (Å²) in [5, 5.41) is 3.45. The van der Waals surface area contributed by atoms with Crippen molar-refractivity contribution in [2.75, 3.05) is 30.0 Å². The number of anilines is 2. The van der Waals surface area contributed by atoms with Crippen LogP contribution in [0.4, 0.5) is 24.3 Å². The van der Waals surface area contributed by atoms with Gasteiger partial charge < -0.3 is 19.9 Å². The van der Waals surface area contributed by atoms with Gasteiger partial charge in [0, 0.05) is 19.6 Å². The number of carbonyl (C=O) groups is 1. The van der Waals surface area contributed by atoms with E-state index in [4.69, 9.17) is 4.74 Å². The molecular weight excluding hydrogens is 581 g/mol. The first-order chi connectivity index (χ1) is 20.7. The lowest BCUT2D eigenvalue weighted by molar-refractivity contribution is -0.146. The SMILES string of the molecule is COc1ccc(Cn2c(N3CCC[C@H]3C(F)(F)F)nc3sc(N4CCC[C@@H]4C(=O)NCc4ccccc4)nc3c2=O)cc1. The average Bonchev–Trinajstić information content (AvgIpc) is 3.77. The van der Waals surface area contributed by atoms with Crippen LogP contribution in [-0.4, -0.2) is 58.9 Å². The Morgan fingerprint density at radius 3 is 2.44 bits per heavy atom. The van der Waals surface area contributed by atoms with Crippen LogP contribution in [0.1, 0.15) is 36.8 Å². The van der Waals surface area contributed by atoms with Crippen molar-refractivity contribution in [1.29, 1.82) is 0 Å². The van der Waals surface area contributed by atoms with Crippen LogP contribution >= 0.6 is 11.3 Å². The number of carbonyl (C=O) groups excluding carboxylic acids is 1. The highest BCUT2D eigenvalue weighted by Gasteiger charge is 2.47. The summed E-state index contributed by atoms with van der Waals surface area (Å²) in [5.74, 6) is 0.455. The number of rotatable bonds is 8. The van der Waals surface area contributed by atoms with Crippen LogP contribution in [0.2, 0.25) is 0 Å². The van der Waals surface area contributed by atoms with Crippen molar-refractivity contribution in [1.82, 2.24) is 19.9 Å². The Balaban J connectivity index is 1.35. The van der Waals surface area contributed by atoms with E-state index in [-0.39, 0.29) is 41.7 Å². The summed E-state index contributed by atoms with van der Waals surface area (Å²) in [5.41, 5.74) is 1.25. The number of nitrogens with zero attached hydrogens (tertiary/aromatic N) is 5. The zero-order valence-electron chi connectivity index (χ0n) is 23.5. The van der Waals surface area contributed by atoms with Crippen LogP contribution in [0.5, 0.6) is 5.75 Å². The molecule has 13 heteroatoms. The van der Waals surface area contributed by atoms with Crippen LogP contribution in [0.3, 0.4) is 0 Å². The van der Waals surface area contributed by atoms with Crippen LogP contribution in [-0.2, 0) is 17.9 Å². The number of thiazole rings is 1. The maximum absolute atomic E-state index is 14.0. The normalized spacial score (nSPS) is 18.9. The molecule has 0 bridgehead atoms. The molecule has 9 nitrogen and oxygen atoms in total. The first kappa shape index (κ1) is 29.0. The number of amides is 1. The largest absolute Gasteiger partial charge is 0.497 e. The predicted octanol–water partition coefficient (Wildman–Crippen LogP) is 4.73. The van der Waals surface area contributed by atoms with Crippen molar-refractivity contribution in [3.8, 4) is 5.75 Å². The van der Waals surface area contributed by atoms with Crippen molar-refractivity contribution in [3.63, 3.8) is 0 Å². The molecule has 2 saturated heterocycles. The Hall–Kier alpha value is -4.13. The molecule has 2 aliphatic heterocycles. The third-order valence-corrected chi connectivity index (χ3v) is 8.97. The molecule has 2 fully saturated rings. The highest BCUT2D eigenvalue weighted by Crippen LogP contribution is 2.37. The molecule has 0 saturated carbocycles. The van der Waals surface area contributed by atoms with Gasteiger partial charge in [-0.05, 0) is 48.9 Å². The summed E-state index contributed by atoms with van der Waals surface area (Å²) in [7, 11) is 1.54. The lowest BCUT2D eigenvalue weighted by atomic mass is 10.2. The second kappa shape index (κ2) is 11.9. The van der Waals surface area contributed by atoms with Crippen molar-refractivity contribution >= 4 is 38.7 Å². The third-order valence-electron chi connectivity index (χ3n) is 7.99. The first-order valence-electron chi connectivity index (χ1n) is 14.2. The smallest absolute Gasteiger partial charge is 0.408 e. The number of fused-ring (bicyclic) bond motifs is 1. The quantitative estimate of drug-likeness (QED) is 0.308. The minimum Gasteiger partial charge on any atom is -0.497 e. The monoisotopic (exact) mass is 612 g/mol. The van der Waals surface area contributed by atoms with E-state index in [1.165, 1.54) is 16.6 Å². The molecule has 1 N–H and O–H groups in total. The van der Waals surface area contributed by atoms with E-state index in [0.717, 1.165) is 23.3 Å². The van der Waals surface area contributed by atoms with Crippen molar-refractivity contribution in [3.05, 3.63) is 76.1 Å². The van der Waals surface area contributed by atoms with E-state index in [2.05, 4.69) is 15.3 Å². The van der Waals surface area contributed by atoms with E-state index >= 15 is 0 Å². The lowest BCUT2D eigenvalue weighted by Gasteiger charge is -2.29. The molecule has 2 aromatic carbocycles. The number of hydrogen-bond donors (Lipinski definition) is 1. The zero-order chi connectivity index (χ0) is 30.1. The van der Waals surface area contributed by atoms with Gasteiger partial charge in [-0.15, -0.1) is 0 Å². The van der Waals surface area contributed by atoms with Crippen molar-refractivity contribution in [2.45, 2.75) is 57.0 Å². The minimum absolute atomic E-state index is 0.0171. The van der Waals surface area contributed by atoms with E-state index in [0.29, 0.717) is 42.4 Å². The van der Waals surface area contributed by atoms with Gasteiger partial charge in [-0.2, -0.15) is 13.2 Å². The second-order valence-corrected chi connectivity index (χ2v) is 11.7. The Kier molecular flexibility index (Phi) is 7.99. The van der Waals surface area contributed by atoms with E-state index < -0.39 is 23.8 Å². The van der Waals surface area contributed by atoms with Gasteiger partial charge in [0.25, 0.3) is 5.56 Å². The van der Waals surface area contributed by atoms with Crippen LogP contribution < -0.4 is 25.4 Å². The molecule has 6 rings (SSSR count). The summed E-state index contributed by atoms with van der Waals surface area (Å²) in [6.45, 7) is 1.11. The molecule has 2 aliphatic rings. The summed E-state index contributed by atoms with van der Waals surface area (Å²) in [6.07, 6.45) is -2.81. The molecule has 43 heavy (non-hydrogen) atoms. The van der Waals surface area contributed by atoms with Gasteiger partial charge in [0.1, 0.15) is 17.8 Å². The first-order valence-corrected chi connectivity index (χ1v) is 15.0. The molecule has 4 aromatic rings. The number of ether oxygens (including phenoxy) is 1. The van der Waals surface area contributed by atoms with Gasteiger partial charge in [-0.1, -0.05) is 53.8 Å². The molecule has 1 amide bonds. The van der Waals surface area contributed by atoms with Gasteiger partial charge in [-0.3, -0.25) is 14.2 Å². The molecular formula is C30H31F3N6O3S.